The Labute approximate surface area is 116 Å². The van der Waals surface area contributed by atoms with Crippen LogP contribution in [0.25, 0.3) is 0 Å². The van der Waals surface area contributed by atoms with E-state index in [-0.39, 0.29) is 23.4 Å². The van der Waals surface area contributed by atoms with Gasteiger partial charge in [-0.3, -0.25) is 0 Å². The van der Waals surface area contributed by atoms with E-state index in [4.69, 9.17) is 0 Å². The second kappa shape index (κ2) is 6.78. The first-order chi connectivity index (χ1) is 8.52. The topological polar surface area (TPSA) is 69.6 Å². The molecule has 2 N–H and O–H groups in total. The van der Waals surface area contributed by atoms with E-state index in [1.54, 1.807) is 11.9 Å². The number of nitrogens with one attached hydrogen (secondary N) is 1. The first-order valence-corrected chi connectivity index (χ1v) is 6.78. The summed E-state index contributed by atoms with van der Waals surface area (Å²) in [4.78, 5) is 24.9. The van der Waals surface area contributed by atoms with Gasteiger partial charge in [0.15, 0.2) is 0 Å². The van der Waals surface area contributed by atoms with Crippen LogP contribution in [0.1, 0.15) is 48.0 Å². The molecule has 0 spiro atoms. The molecule has 0 aliphatic carbocycles. The van der Waals surface area contributed by atoms with Gasteiger partial charge in [0.1, 0.15) is 6.04 Å². The normalized spacial score (nSPS) is 16.4. The fourth-order valence-corrected chi connectivity index (χ4v) is 1.67. The van der Waals surface area contributed by atoms with Crippen molar-refractivity contribution in [2.45, 2.75) is 60.0 Å². The third-order valence-electron chi connectivity index (χ3n) is 3.91. The Hall–Kier alpha value is -1.26. The predicted molar refractivity (Wildman–Crippen MR) is 76.1 cm³/mol. The van der Waals surface area contributed by atoms with Crippen molar-refractivity contribution in [2.75, 3.05) is 7.05 Å². The first kappa shape index (κ1) is 17.7. The number of aliphatic carboxylic acids is 1. The van der Waals surface area contributed by atoms with E-state index in [0.717, 1.165) is 0 Å². The van der Waals surface area contributed by atoms with E-state index in [9.17, 15) is 14.7 Å². The molecule has 0 aromatic carbocycles. The SMILES string of the molecule is CCC(C)[C@H](NC(=O)N(C)C(C)C(C)(C)C)C(=O)O. The number of amides is 2. The van der Waals surface area contributed by atoms with Gasteiger partial charge in [0.05, 0.1) is 0 Å². The average Bonchev–Trinajstić information content (AvgIpc) is 2.31. The van der Waals surface area contributed by atoms with Crippen molar-refractivity contribution in [2.24, 2.45) is 11.3 Å². The maximum Gasteiger partial charge on any atom is 0.326 e. The summed E-state index contributed by atoms with van der Waals surface area (Å²) in [6, 6.07) is -1.17. The molecule has 0 aliphatic heterocycles. The van der Waals surface area contributed by atoms with Gasteiger partial charge in [-0.15, -0.1) is 0 Å². The second-order valence-electron chi connectivity index (χ2n) is 6.30. The van der Waals surface area contributed by atoms with Gasteiger partial charge < -0.3 is 15.3 Å². The summed E-state index contributed by atoms with van der Waals surface area (Å²) in [5, 5.41) is 11.8. The van der Waals surface area contributed by atoms with Crippen LogP contribution in [0.15, 0.2) is 0 Å². The van der Waals surface area contributed by atoms with Crippen molar-refractivity contribution in [3.63, 3.8) is 0 Å². The summed E-state index contributed by atoms with van der Waals surface area (Å²) in [6.45, 7) is 11.8. The summed E-state index contributed by atoms with van der Waals surface area (Å²) in [7, 11) is 1.70. The number of rotatable bonds is 5. The van der Waals surface area contributed by atoms with Crippen molar-refractivity contribution in [3.05, 3.63) is 0 Å². The second-order valence-corrected chi connectivity index (χ2v) is 6.30. The average molecular weight is 272 g/mol. The molecular formula is C14H28N2O3. The minimum atomic E-state index is -0.987. The molecule has 0 rings (SSSR count). The van der Waals surface area contributed by atoms with Gasteiger partial charge in [0, 0.05) is 13.1 Å². The highest BCUT2D eigenvalue weighted by molar-refractivity contribution is 5.82. The highest BCUT2D eigenvalue weighted by Gasteiger charge is 2.31. The van der Waals surface area contributed by atoms with E-state index in [2.05, 4.69) is 5.32 Å². The lowest BCUT2D eigenvalue weighted by Gasteiger charge is -2.36. The highest BCUT2D eigenvalue weighted by atomic mass is 16.4. The summed E-state index contributed by atoms with van der Waals surface area (Å²) in [5.74, 6) is -1.08. The zero-order valence-electron chi connectivity index (χ0n) is 13.2. The van der Waals surface area contributed by atoms with Crippen LogP contribution in [-0.4, -0.2) is 41.1 Å². The monoisotopic (exact) mass is 272 g/mol. The summed E-state index contributed by atoms with van der Waals surface area (Å²) >= 11 is 0. The van der Waals surface area contributed by atoms with E-state index >= 15 is 0 Å². The molecule has 0 radical (unpaired) electrons. The number of carboxylic acids is 1. The standard InChI is InChI=1S/C14H28N2O3/c1-8-9(2)11(12(17)18)15-13(19)16(7)10(3)14(4,5)6/h9-11H,8H2,1-7H3,(H,15,19)(H,17,18)/t9?,10?,11-/m0/s1. The highest BCUT2D eigenvalue weighted by Crippen LogP contribution is 2.23. The van der Waals surface area contributed by atoms with Crippen LogP contribution < -0.4 is 5.32 Å². The van der Waals surface area contributed by atoms with Crippen LogP contribution in [0.5, 0.6) is 0 Å². The maximum atomic E-state index is 12.1. The lowest BCUT2D eigenvalue weighted by molar-refractivity contribution is -0.140. The molecule has 0 aliphatic rings. The molecule has 0 bridgehead atoms. The largest absolute Gasteiger partial charge is 0.480 e. The number of hydrogen-bond acceptors (Lipinski definition) is 2. The molecule has 5 heteroatoms. The molecule has 0 heterocycles. The van der Waals surface area contributed by atoms with Gasteiger partial charge >= 0.3 is 12.0 Å². The Kier molecular flexibility index (Phi) is 6.33. The molecule has 0 saturated heterocycles. The molecule has 0 aromatic heterocycles. The zero-order chi connectivity index (χ0) is 15.4. The van der Waals surface area contributed by atoms with E-state index in [0.29, 0.717) is 6.42 Å². The third kappa shape index (κ3) is 5.09. The quantitative estimate of drug-likeness (QED) is 0.808. The van der Waals surface area contributed by atoms with Crippen molar-refractivity contribution >= 4 is 12.0 Å². The Morgan fingerprint density at radius 2 is 1.74 bits per heavy atom. The lowest BCUT2D eigenvalue weighted by atomic mass is 9.87. The van der Waals surface area contributed by atoms with Gasteiger partial charge in [-0.05, 0) is 18.3 Å². The summed E-state index contributed by atoms with van der Waals surface area (Å²) in [5.41, 5.74) is -0.0544. The smallest absolute Gasteiger partial charge is 0.326 e. The summed E-state index contributed by atoms with van der Waals surface area (Å²) in [6.07, 6.45) is 0.704. The lowest BCUT2D eigenvalue weighted by Crippen LogP contribution is -2.53. The molecule has 5 nitrogen and oxygen atoms in total. The molecule has 2 amide bonds. The molecule has 112 valence electrons. The number of nitrogens with zero attached hydrogens (tertiary/aromatic N) is 1. The Balaban J connectivity index is 4.79. The van der Waals surface area contributed by atoms with Crippen LogP contribution in [-0.2, 0) is 4.79 Å². The summed E-state index contributed by atoms with van der Waals surface area (Å²) < 4.78 is 0. The Morgan fingerprint density at radius 1 is 1.26 bits per heavy atom. The van der Waals surface area contributed by atoms with Crippen molar-refractivity contribution in [1.29, 1.82) is 0 Å². The van der Waals surface area contributed by atoms with Crippen LogP contribution in [0, 0.1) is 11.3 Å². The molecule has 0 fully saturated rings. The minimum Gasteiger partial charge on any atom is -0.480 e. The van der Waals surface area contributed by atoms with Gasteiger partial charge in [0.25, 0.3) is 0 Å². The first-order valence-electron chi connectivity index (χ1n) is 6.78. The number of hydrogen-bond donors (Lipinski definition) is 2. The molecule has 3 atom stereocenters. The van der Waals surface area contributed by atoms with Gasteiger partial charge in [0.2, 0.25) is 0 Å². The fraction of sp³-hybridized carbons (Fsp3) is 0.857. The molecule has 19 heavy (non-hydrogen) atoms. The van der Waals surface area contributed by atoms with Crippen LogP contribution in [0.4, 0.5) is 4.79 Å². The van der Waals surface area contributed by atoms with Crippen LogP contribution >= 0.6 is 0 Å². The van der Waals surface area contributed by atoms with Crippen LogP contribution in [0.2, 0.25) is 0 Å². The maximum absolute atomic E-state index is 12.1. The predicted octanol–water partition coefficient (Wildman–Crippen LogP) is 2.56. The Bertz CT molecular complexity index is 323. The van der Waals surface area contributed by atoms with Gasteiger partial charge in [-0.1, -0.05) is 41.0 Å². The van der Waals surface area contributed by atoms with Crippen LogP contribution in [0.3, 0.4) is 0 Å². The van der Waals surface area contributed by atoms with Gasteiger partial charge in [-0.25, -0.2) is 9.59 Å². The number of carbonyl (C=O) groups is 2. The molecule has 0 saturated carbocycles. The number of carbonyl (C=O) groups excluding carboxylic acids is 1. The van der Waals surface area contributed by atoms with Crippen molar-refractivity contribution in [1.82, 2.24) is 10.2 Å². The van der Waals surface area contributed by atoms with Gasteiger partial charge in [-0.2, -0.15) is 0 Å². The molecular weight excluding hydrogens is 244 g/mol. The van der Waals surface area contributed by atoms with Crippen molar-refractivity contribution in [3.8, 4) is 0 Å². The molecule has 0 aromatic rings. The zero-order valence-corrected chi connectivity index (χ0v) is 13.2. The number of urea groups is 1. The minimum absolute atomic E-state index is 0.0128. The number of carboxylic acid groups (broad SMARTS) is 1. The molecule has 2 unspecified atom stereocenters. The Morgan fingerprint density at radius 3 is 2.05 bits per heavy atom. The van der Waals surface area contributed by atoms with E-state index < -0.39 is 12.0 Å². The van der Waals surface area contributed by atoms with E-state index in [1.807, 2.05) is 41.5 Å². The fourth-order valence-electron chi connectivity index (χ4n) is 1.67. The van der Waals surface area contributed by atoms with Crippen molar-refractivity contribution < 1.29 is 14.7 Å². The third-order valence-corrected chi connectivity index (χ3v) is 3.91. The van der Waals surface area contributed by atoms with E-state index in [1.165, 1.54) is 0 Å².